The SMILES string of the molecule is CCOC(C)(CC)C(NC)c1ccc(F)c(F)c1. The second kappa shape index (κ2) is 6.25. The number of benzene rings is 1. The highest BCUT2D eigenvalue weighted by molar-refractivity contribution is 5.24. The quantitative estimate of drug-likeness (QED) is 0.843. The maximum atomic E-state index is 13.3. The number of likely N-dealkylation sites (N-methyl/N-ethyl adjacent to an activating group) is 1. The maximum Gasteiger partial charge on any atom is 0.159 e. The van der Waals surface area contributed by atoms with Gasteiger partial charge in [0.25, 0.3) is 0 Å². The normalized spacial score (nSPS) is 16.3. The third-order valence-corrected chi connectivity index (χ3v) is 3.35. The zero-order valence-corrected chi connectivity index (χ0v) is 11.4. The highest BCUT2D eigenvalue weighted by Gasteiger charge is 2.33. The summed E-state index contributed by atoms with van der Waals surface area (Å²) in [6, 6.07) is 3.78. The summed E-state index contributed by atoms with van der Waals surface area (Å²) in [5, 5.41) is 3.13. The van der Waals surface area contributed by atoms with E-state index in [9.17, 15) is 8.78 Å². The van der Waals surface area contributed by atoms with Gasteiger partial charge < -0.3 is 10.1 Å². The fraction of sp³-hybridized carbons (Fsp3) is 0.571. The molecule has 2 atom stereocenters. The molecule has 1 aromatic carbocycles. The van der Waals surface area contributed by atoms with Gasteiger partial charge in [0.2, 0.25) is 0 Å². The third-order valence-electron chi connectivity index (χ3n) is 3.35. The van der Waals surface area contributed by atoms with Crippen LogP contribution in [0.5, 0.6) is 0 Å². The molecule has 2 nitrogen and oxygen atoms in total. The number of hydrogen-bond donors (Lipinski definition) is 1. The van der Waals surface area contributed by atoms with Gasteiger partial charge in [-0.2, -0.15) is 0 Å². The van der Waals surface area contributed by atoms with Crippen molar-refractivity contribution in [3.8, 4) is 0 Å². The van der Waals surface area contributed by atoms with E-state index in [2.05, 4.69) is 5.32 Å². The fourth-order valence-electron chi connectivity index (χ4n) is 2.24. The van der Waals surface area contributed by atoms with E-state index < -0.39 is 17.2 Å². The van der Waals surface area contributed by atoms with Crippen LogP contribution in [0, 0.1) is 11.6 Å². The first-order valence-corrected chi connectivity index (χ1v) is 6.24. The van der Waals surface area contributed by atoms with Crippen LogP contribution in [0.3, 0.4) is 0 Å². The van der Waals surface area contributed by atoms with Crippen molar-refractivity contribution in [3.63, 3.8) is 0 Å². The second-order valence-corrected chi connectivity index (χ2v) is 4.49. The molecule has 0 aliphatic rings. The van der Waals surface area contributed by atoms with Crippen molar-refractivity contribution in [2.75, 3.05) is 13.7 Å². The summed E-state index contributed by atoms with van der Waals surface area (Å²) in [6.45, 7) is 6.48. The lowest BCUT2D eigenvalue weighted by Gasteiger charge is -2.37. The van der Waals surface area contributed by atoms with Crippen molar-refractivity contribution in [1.82, 2.24) is 5.32 Å². The average Bonchev–Trinajstić information content (AvgIpc) is 2.35. The number of nitrogens with one attached hydrogen (secondary N) is 1. The molecule has 18 heavy (non-hydrogen) atoms. The molecule has 0 radical (unpaired) electrons. The van der Waals surface area contributed by atoms with Crippen LogP contribution in [-0.4, -0.2) is 19.3 Å². The van der Waals surface area contributed by atoms with Gasteiger partial charge in [0.15, 0.2) is 11.6 Å². The molecule has 2 unspecified atom stereocenters. The zero-order chi connectivity index (χ0) is 13.8. The Kier molecular flexibility index (Phi) is 5.23. The monoisotopic (exact) mass is 257 g/mol. The Labute approximate surface area is 107 Å². The van der Waals surface area contributed by atoms with Crippen molar-refractivity contribution in [2.45, 2.75) is 38.8 Å². The van der Waals surface area contributed by atoms with E-state index in [1.807, 2.05) is 20.8 Å². The van der Waals surface area contributed by atoms with Gasteiger partial charge in [0.05, 0.1) is 11.6 Å². The molecule has 0 bridgehead atoms. The molecule has 102 valence electrons. The highest BCUT2D eigenvalue weighted by atomic mass is 19.2. The van der Waals surface area contributed by atoms with Crippen molar-refractivity contribution in [1.29, 1.82) is 0 Å². The molecule has 0 amide bonds. The summed E-state index contributed by atoms with van der Waals surface area (Å²) >= 11 is 0. The Hall–Kier alpha value is -1.00. The Balaban J connectivity index is 3.11. The number of rotatable bonds is 6. The largest absolute Gasteiger partial charge is 0.374 e. The molecule has 0 saturated heterocycles. The highest BCUT2D eigenvalue weighted by Crippen LogP contribution is 2.32. The van der Waals surface area contributed by atoms with Gasteiger partial charge in [-0.1, -0.05) is 13.0 Å². The summed E-state index contributed by atoms with van der Waals surface area (Å²) in [5.74, 6) is -1.66. The molecule has 0 spiro atoms. The lowest BCUT2D eigenvalue weighted by Crippen LogP contribution is -2.42. The molecule has 0 fully saturated rings. The lowest BCUT2D eigenvalue weighted by atomic mass is 9.87. The van der Waals surface area contributed by atoms with Gasteiger partial charge in [-0.05, 0) is 45.0 Å². The molecule has 0 saturated carbocycles. The topological polar surface area (TPSA) is 21.3 Å². The van der Waals surface area contributed by atoms with Crippen molar-refractivity contribution in [3.05, 3.63) is 35.4 Å². The van der Waals surface area contributed by atoms with Crippen LogP contribution in [0.2, 0.25) is 0 Å². The number of hydrogen-bond acceptors (Lipinski definition) is 2. The van der Waals surface area contributed by atoms with E-state index in [4.69, 9.17) is 4.74 Å². The van der Waals surface area contributed by atoms with Crippen LogP contribution >= 0.6 is 0 Å². The standard InChI is InChI=1S/C14H21F2NO/c1-5-14(3,18-6-2)13(17-4)10-7-8-11(15)12(16)9-10/h7-9,13,17H,5-6H2,1-4H3. The Bertz CT molecular complexity index is 397. The van der Waals surface area contributed by atoms with Crippen molar-refractivity contribution >= 4 is 0 Å². The van der Waals surface area contributed by atoms with Crippen molar-refractivity contribution < 1.29 is 13.5 Å². The Morgan fingerprint density at radius 3 is 2.39 bits per heavy atom. The summed E-state index contributed by atoms with van der Waals surface area (Å²) in [7, 11) is 1.79. The molecule has 4 heteroatoms. The smallest absolute Gasteiger partial charge is 0.159 e. The first-order chi connectivity index (χ1) is 8.48. The first-order valence-electron chi connectivity index (χ1n) is 6.24. The predicted molar refractivity (Wildman–Crippen MR) is 68.5 cm³/mol. The Morgan fingerprint density at radius 2 is 1.94 bits per heavy atom. The van der Waals surface area contributed by atoms with E-state index >= 15 is 0 Å². The summed E-state index contributed by atoms with van der Waals surface area (Å²) < 4.78 is 32.1. The van der Waals surface area contributed by atoms with Gasteiger partial charge in [-0.3, -0.25) is 0 Å². The van der Waals surface area contributed by atoms with Gasteiger partial charge in [-0.25, -0.2) is 8.78 Å². The lowest BCUT2D eigenvalue weighted by molar-refractivity contribution is -0.0547. The van der Waals surface area contributed by atoms with E-state index in [1.165, 1.54) is 6.07 Å². The molecule has 1 rings (SSSR count). The minimum atomic E-state index is -0.831. The zero-order valence-electron chi connectivity index (χ0n) is 11.4. The summed E-state index contributed by atoms with van der Waals surface area (Å²) in [4.78, 5) is 0. The van der Waals surface area contributed by atoms with E-state index in [0.29, 0.717) is 12.2 Å². The van der Waals surface area contributed by atoms with Crippen LogP contribution in [0.4, 0.5) is 8.78 Å². The number of halogens is 2. The van der Waals surface area contributed by atoms with Crippen molar-refractivity contribution in [2.24, 2.45) is 0 Å². The Morgan fingerprint density at radius 1 is 1.28 bits per heavy atom. The van der Waals surface area contributed by atoms with Crippen LogP contribution in [0.25, 0.3) is 0 Å². The summed E-state index contributed by atoms with van der Waals surface area (Å²) in [6.07, 6.45) is 0.769. The summed E-state index contributed by atoms with van der Waals surface area (Å²) in [5.41, 5.74) is 0.238. The molecular weight excluding hydrogens is 236 g/mol. The van der Waals surface area contributed by atoms with Crippen LogP contribution in [0.15, 0.2) is 18.2 Å². The molecule has 1 N–H and O–H groups in total. The molecule has 0 aliphatic carbocycles. The van der Waals surface area contributed by atoms with Crippen LogP contribution < -0.4 is 5.32 Å². The average molecular weight is 257 g/mol. The van der Waals surface area contributed by atoms with Gasteiger partial charge in [0, 0.05) is 6.61 Å². The van der Waals surface area contributed by atoms with Crippen LogP contribution in [-0.2, 0) is 4.74 Å². The molecule has 0 aliphatic heterocycles. The predicted octanol–water partition coefficient (Wildman–Crippen LogP) is 3.43. The first kappa shape index (κ1) is 15.1. The molecule has 1 aromatic rings. The van der Waals surface area contributed by atoms with E-state index in [0.717, 1.165) is 12.5 Å². The second-order valence-electron chi connectivity index (χ2n) is 4.49. The third kappa shape index (κ3) is 3.06. The minimum Gasteiger partial charge on any atom is -0.374 e. The van der Waals surface area contributed by atoms with E-state index in [1.54, 1.807) is 13.1 Å². The van der Waals surface area contributed by atoms with Crippen LogP contribution in [0.1, 0.15) is 38.8 Å². The molecule has 0 heterocycles. The van der Waals surface area contributed by atoms with E-state index in [-0.39, 0.29) is 6.04 Å². The van der Waals surface area contributed by atoms with Gasteiger partial charge in [0.1, 0.15) is 0 Å². The maximum absolute atomic E-state index is 13.3. The number of ether oxygens (including phenoxy) is 1. The van der Waals surface area contributed by atoms with Gasteiger partial charge in [-0.15, -0.1) is 0 Å². The fourth-order valence-corrected chi connectivity index (χ4v) is 2.24. The minimum absolute atomic E-state index is 0.183. The molecular formula is C14H21F2NO. The van der Waals surface area contributed by atoms with Gasteiger partial charge >= 0.3 is 0 Å². The molecule has 0 aromatic heterocycles.